The molecule has 0 aliphatic carbocycles. The van der Waals surface area contributed by atoms with E-state index in [4.69, 9.17) is 10.2 Å². The first-order valence-electron chi connectivity index (χ1n) is 3.36. The quantitative estimate of drug-likeness (QED) is 0.729. The molecule has 5 heteroatoms. The van der Waals surface area contributed by atoms with Crippen LogP contribution in [0.4, 0.5) is 4.39 Å². The number of methoxy groups -OCH3 is 1. The van der Waals surface area contributed by atoms with Crippen molar-refractivity contribution in [2.45, 2.75) is 0 Å². The third-order valence-electron chi connectivity index (χ3n) is 1.50. The van der Waals surface area contributed by atoms with Gasteiger partial charge < -0.3 is 14.9 Å². The highest BCUT2D eigenvalue weighted by Crippen LogP contribution is 2.26. The van der Waals surface area contributed by atoms with E-state index in [0.29, 0.717) is 6.07 Å². The van der Waals surface area contributed by atoms with E-state index in [2.05, 4.69) is 4.74 Å². The van der Waals surface area contributed by atoms with Crippen LogP contribution in [0.3, 0.4) is 0 Å². The van der Waals surface area contributed by atoms with E-state index >= 15 is 0 Å². The molecule has 0 saturated carbocycles. The topological polar surface area (TPSA) is 66.8 Å². The number of rotatable bonds is 2. The van der Waals surface area contributed by atoms with E-state index in [1.54, 1.807) is 0 Å². The number of halogens is 1. The molecule has 70 valence electrons. The molecule has 0 radical (unpaired) electrons. The van der Waals surface area contributed by atoms with Gasteiger partial charge in [-0.1, -0.05) is 0 Å². The van der Waals surface area contributed by atoms with E-state index in [-0.39, 0.29) is 5.75 Å². The fraction of sp³-hybridized carbons (Fsp3) is 0.125. The third kappa shape index (κ3) is 1.69. The molecule has 0 bridgehead atoms. The van der Waals surface area contributed by atoms with Crippen LogP contribution < -0.4 is 4.74 Å². The van der Waals surface area contributed by atoms with Crippen molar-refractivity contribution < 1.29 is 24.1 Å². The lowest BCUT2D eigenvalue weighted by atomic mass is 10.2. The summed E-state index contributed by atoms with van der Waals surface area (Å²) in [5, 5.41) is 17.6. The highest BCUT2D eigenvalue weighted by molar-refractivity contribution is 5.91. The van der Waals surface area contributed by atoms with Crippen molar-refractivity contribution in [3.05, 3.63) is 23.5 Å². The van der Waals surface area contributed by atoms with Crippen LogP contribution in [0.2, 0.25) is 0 Å². The largest absolute Gasteiger partial charge is 0.507 e. The Kier molecular flexibility index (Phi) is 2.36. The molecule has 2 N–H and O–H groups in total. The minimum absolute atomic E-state index is 0.192. The maximum Gasteiger partial charge on any atom is 0.339 e. The average Bonchev–Trinajstić information content (AvgIpc) is 2.07. The summed E-state index contributed by atoms with van der Waals surface area (Å²) in [7, 11) is 1.22. The van der Waals surface area contributed by atoms with Crippen LogP contribution in [0.1, 0.15) is 10.4 Å². The molecule has 0 spiro atoms. The van der Waals surface area contributed by atoms with E-state index < -0.39 is 23.1 Å². The van der Waals surface area contributed by atoms with Crippen LogP contribution in [-0.2, 0) is 0 Å². The van der Waals surface area contributed by atoms with Gasteiger partial charge in [0.25, 0.3) is 0 Å². The molecule has 13 heavy (non-hydrogen) atoms. The summed E-state index contributed by atoms with van der Waals surface area (Å²) in [4.78, 5) is 10.4. The molecule has 0 atom stereocenters. The Balaban J connectivity index is 3.28. The molecule has 0 unspecified atom stereocenters. The van der Waals surface area contributed by atoms with Crippen molar-refractivity contribution in [1.29, 1.82) is 0 Å². The lowest BCUT2D eigenvalue weighted by molar-refractivity contribution is 0.0693. The number of phenols is 1. The summed E-state index contributed by atoms with van der Waals surface area (Å²) in [6.07, 6.45) is 0. The molecule has 0 fully saturated rings. The maximum absolute atomic E-state index is 12.9. The van der Waals surface area contributed by atoms with Gasteiger partial charge >= 0.3 is 5.97 Å². The van der Waals surface area contributed by atoms with Crippen molar-refractivity contribution in [3.8, 4) is 11.5 Å². The van der Waals surface area contributed by atoms with Crippen molar-refractivity contribution in [2.75, 3.05) is 7.11 Å². The van der Waals surface area contributed by atoms with Gasteiger partial charge in [-0.05, 0) is 6.07 Å². The first-order chi connectivity index (χ1) is 6.06. The standard InChI is InChI=1S/C8H7FO4/c1-13-7-3-6(10)4(8(11)12)2-5(7)9/h2-3,10H,1H3,(H,11,12). The van der Waals surface area contributed by atoms with Crippen molar-refractivity contribution >= 4 is 5.97 Å². The number of aromatic carboxylic acids is 1. The van der Waals surface area contributed by atoms with Crippen molar-refractivity contribution in [3.63, 3.8) is 0 Å². The van der Waals surface area contributed by atoms with Crippen LogP contribution in [0.25, 0.3) is 0 Å². The second-order valence-electron chi connectivity index (χ2n) is 2.31. The van der Waals surface area contributed by atoms with Gasteiger partial charge in [0.05, 0.1) is 7.11 Å². The summed E-state index contributed by atoms with van der Waals surface area (Å²) in [5.41, 5.74) is -0.488. The van der Waals surface area contributed by atoms with Gasteiger partial charge in [0.1, 0.15) is 11.3 Å². The Bertz CT molecular complexity index is 348. The van der Waals surface area contributed by atoms with Crippen molar-refractivity contribution in [2.24, 2.45) is 0 Å². The Hall–Kier alpha value is -1.78. The number of hydrogen-bond donors (Lipinski definition) is 2. The number of carboxylic acids is 1. The highest BCUT2D eigenvalue weighted by Gasteiger charge is 2.14. The Labute approximate surface area is 73.2 Å². The summed E-state index contributed by atoms with van der Waals surface area (Å²) in [6.45, 7) is 0. The zero-order valence-corrected chi connectivity index (χ0v) is 6.74. The fourth-order valence-electron chi connectivity index (χ4n) is 0.870. The van der Waals surface area contributed by atoms with E-state index in [0.717, 1.165) is 6.07 Å². The smallest absolute Gasteiger partial charge is 0.339 e. The average molecular weight is 186 g/mol. The van der Waals surface area contributed by atoms with E-state index in [1.807, 2.05) is 0 Å². The lowest BCUT2D eigenvalue weighted by Crippen LogP contribution is -1.99. The summed E-state index contributed by atoms with van der Waals surface area (Å²) < 4.78 is 17.4. The summed E-state index contributed by atoms with van der Waals surface area (Å²) in [5.74, 6) is -2.93. The molecular formula is C8H7FO4. The Morgan fingerprint density at radius 2 is 2.15 bits per heavy atom. The van der Waals surface area contributed by atoms with Gasteiger partial charge in [-0.3, -0.25) is 0 Å². The van der Waals surface area contributed by atoms with Crippen LogP contribution in [0.5, 0.6) is 11.5 Å². The molecule has 0 aliphatic heterocycles. The molecule has 1 aromatic carbocycles. The second kappa shape index (κ2) is 3.30. The van der Waals surface area contributed by atoms with Gasteiger partial charge in [0, 0.05) is 6.07 Å². The predicted molar refractivity (Wildman–Crippen MR) is 41.6 cm³/mol. The number of aromatic hydroxyl groups is 1. The van der Waals surface area contributed by atoms with E-state index in [9.17, 15) is 9.18 Å². The number of ether oxygens (including phenoxy) is 1. The predicted octanol–water partition coefficient (Wildman–Crippen LogP) is 1.24. The Morgan fingerprint density at radius 3 is 2.62 bits per heavy atom. The van der Waals surface area contributed by atoms with Gasteiger partial charge in [0.2, 0.25) is 0 Å². The second-order valence-corrected chi connectivity index (χ2v) is 2.31. The van der Waals surface area contributed by atoms with Crippen LogP contribution in [-0.4, -0.2) is 23.3 Å². The summed E-state index contributed by atoms with van der Waals surface area (Å²) >= 11 is 0. The third-order valence-corrected chi connectivity index (χ3v) is 1.50. The SMILES string of the molecule is COc1cc(O)c(C(=O)O)cc1F. The molecule has 1 rings (SSSR count). The minimum Gasteiger partial charge on any atom is -0.507 e. The molecule has 0 saturated heterocycles. The lowest BCUT2D eigenvalue weighted by Gasteiger charge is -2.04. The van der Waals surface area contributed by atoms with Gasteiger partial charge in [-0.15, -0.1) is 0 Å². The Morgan fingerprint density at radius 1 is 1.54 bits per heavy atom. The monoisotopic (exact) mass is 186 g/mol. The minimum atomic E-state index is -1.39. The molecule has 0 heterocycles. The molecule has 0 amide bonds. The first-order valence-corrected chi connectivity index (χ1v) is 3.36. The molecule has 4 nitrogen and oxygen atoms in total. The first kappa shape index (κ1) is 9.31. The van der Waals surface area contributed by atoms with Gasteiger partial charge in [-0.2, -0.15) is 0 Å². The number of carboxylic acid groups (broad SMARTS) is 1. The van der Waals surface area contributed by atoms with Crippen LogP contribution in [0, 0.1) is 5.82 Å². The maximum atomic E-state index is 12.9. The fourth-order valence-corrected chi connectivity index (χ4v) is 0.870. The number of benzene rings is 1. The van der Waals surface area contributed by atoms with Gasteiger partial charge in [0.15, 0.2) is 11.6 Å². The summed E-state index contributed by atoms with van der Waals surface area (Å²) in [6, 6.07) is 1.62. The molecule has 1 aromatic rings. The molecule has 0 aliphatic rings. The number of hydrogen-bond acceptors (Lipinski definition) is 3. The van der Waals surface area contributed by atoms with Gasteiger partial charge in [-0.25, -0.2) is 9.18 Å². The zero-order chi connectivity index (χ0) is 10.0. The van der Waals surface area contributed by atoms with E-state index in [1.165, 1.54) is 7.11 Å². The van der Waals surface area contributed by atoms with Crippen LogP contribution in [0.15, 0.2) is 12.1 Å². The van der Waals surface area contributed by atoms with Crippen LogP contribution >= 0.6 is 0 Å². The zero-order valence-electron chi connectivity index (χ0n) is 6.74. The molecular weight excluding hydrogens is 179 g/mol. The number of carbonyl (C=O) groups is 1. The normalized spacial score (nSPS) is 9.69. The van der Waals surface area contributed by atoms with Crippen molar-refractivity contribution in [1.82, 2.24) is 0 Å². The molecule has 0 aromatic heterocycles. The highest BCUT2D eigenvalue weighted by atomic mass is 19.1.